The molecule has 0 aliphatic heterocycles. The van der Waals surface area contributed by atoms with Gasteiger partial charge in [-0.1, -0.05) is 47.5 Å². The summed E-state index contributed by atoms with van der Waals surface area (Å²) < 4.78 is 0. The third kappa shape index (κ3) is 2.63. The first-order chi connectivity index (χ1) is 8.00. The Hall–Kier alpha value is -1.02. The molecule has 88 valence electrons. The second kappa shape index (κ2) is 4.69. The fraction of sp³-hybridized carbons (Fsp3) is 0.143. The summed E-state index contributed by atoms with van der Waals surface area (Å²) in [6.45, 7) is 1.95. The molecule has 0 atom stereocenters. The van der Waals surface area contributed by atoms with Crippen LogP contribution in [0.4, 0.5) is 0 Å². The van der Waals surface area contributed by atoms with Gasteiger partial charge in [0, 0.05) is 10.0 Å². The fourth-order valence-corrected chi connectivity index (χ4v) is 2.17. The summed E-state index contributed by atoms with van der Waals surface area (Å²) in [5, 5.41) is 1.36. The van der Waals surface area contributed by atoms with E-state index in [1.807, 2.05) is 55.5 Å². The summed E-state index contributed by atoms with van der Waals surface area (Å²) in [6.07, 6.45) is 0. The van der Waals surface area contributed by atoms with Gasteiger partial charge in [0.2, 0.25) is 0 Å². The Labute approximate surface area is 111 Å². The van der Waals surface area contributed by atoms with Gasteiger partial charge in [0.05, 0.1) is 5.54 Å². The molecular weight excluding hydrogens is 253 g/mol. The monoisotopic (exact) mass is 265 g/mol. The Kier molecular flexibility index (Phi) is 3.43. The summed E-state index contributed by atoms with van der Waals surface area (Å²) in [5.74, 6) is 0. The number of rotatable bonds is 2. The van der Waals surface area contributed by atoms with Crippen molar-refractivity contribution in [3.8, 4) is 0 Å². The highest BCUT2D eigenvalue weighted by molar-refractivity contribution is 6.31. The Balaban J connectivity index is 2.49. The first kappa shape index (κ1) is 12.4. The zero-order valence-corrected chi connectivity index (χ0v) is 11.0. The summed E-state index contributed by atoms with van der Waals surface area (Å²) >= 11 is 12.0. The van der Waals surface area contributed by atoms with E-state index in [4.69, 9.17) is 28.9 Å². The van der Waals surface area contributed by atoms with Crippen LogP contribution in [0.2, 0.25) is 10.0 Å². The highest BCUT2D eigenvalue weighted by Crippen LogP contribution is 2.29. The van der Waals surface area contributed by atoms with Crippen molar-refractivity contribution in [2.45, 2.75) is 12.5 Å². The normalized spacial score (nSPS) is 11.5. The smallest absolute Gasteiger partial charge is 0.0637 e. The zero-order valence-electron chi connectivity index (χ0n) is 9.45. The largest absolute Gasteiger partial charge is 0.318 e. The Morgan fingerprint density at radius 2 is 1.29 bits per heavy atom. The van der Waals surface area contributed by atoms with Gasteiger partial charge in [-0.2, -0.15) is 0 Å². The maximum Gasteiger partial charge on any atom is 0.0637 e. The van der Waals surface area contributed by atoms with Gasteiger partial charge in [0.25, 0.3) is 0 Å². The number of benzene rings is 2. The Morgan fingerprint density at radius 1 is 0.882 bits per heavy atom. The average Bonchev–Trinajstić information content (AvgIpc) is 2.29. The molecule has 0 aliphatic carbocycles. The summed E-state index contributed by atoms with van der Waals surface area (Å²) in [7, 11) is 0. The Bertz CT molecular complexity index is 488. The predicted octanol–water partition coefficient (Wildman–Crippen LogP) is 4.22. The van der Waals surface area contributed by atoms with E-state index in [0.29, 0.717) is 10.0 Å². The van der Waals surface area contributed by atoms with Crippen LogP contribution in [-0.4, -0.2) is 0 Å². The molecule has 17 heavy (non-hydrogen) atoms. The van der Waals surface area contributed by atoms with Gasteiger partial charge in [-0.3, -0.25) is 0 Å². The number of nitrogens with two attached hydrogens (primary N) is 1. The lowest BCUT2D eigenvalue weighted by Gasteiger charge is -2.26. The van der Waals surface area contributed by atoms with E-state index in [1.54, 1.807) is 0 Å². The molecule has 2 rings (SSSR count). The predicted molar refractivity (Wildman–Crippen MR) is 73.5 cm³/mol. The molecule has 2 aromatic rings. The molecule has 0 aromatic heterocycles. The molecule has 0 saturated carbocycles. The van der Waals surface area contributed by atoms with Crippen molar-refractivity contribution in [2.75, 3.05) is 0 Å². The molecule has 0 amide bonds. The molecule has 3 heteroatoms. The van der Waals surface area contributed by atoms with Gasteiger partial charge < -0.3 is 5.73 Å². The minimum absolute atomic E-state index is 0.601. The van der Waals surface area contributed by atoms with Crippen LogP contribution < -0.4 is 5.73 Å². The third-order valence-electron chi connectivity index (χ3n) is 2.85. The lowest BCUT2D eigenvalue weighted by Crippen LogP contribution is -2.34. The lowest BCUT2D eigenvalue weighted by molar-refractivity contribution is 0.603. The first-order valence-corrected chi connectivity index (χ1v) is 6.07. The van der Waals surface area contributed by atoms with Gasteiger partial charge in [-0.25, -0.2) is 0 Å². The minimum atomic E-state index is -0.601. The number of hydrogen-bond acceptors (Lipinski definition) is 1. The molecule has 0 fully saturated rings. The van der Waals surface area contributed by atoms with Gasteiger partial charge in [0.15, 0.2) is 0 Å². The SMILES string of the molecule is CC(N)(c1cccc(Cl)c1)c1cccc(Cl)c1. The van der Waals surface area contributed by atoms with Crippen LogP contribution in [0.5, 0.6) is 0 Å². The highest BCUT2D eigenvalue weighted by Gasteiger charge is 2.23. The maximum absolute atomic E-state index is 6.38. The van der Waals surface area contributed by atoms with Gasteiger partial charge in [-0.05, 0) is 42.3 Å². The van der Waals surface area contributed by atoms with Crippen molar-refractivity contribution in [1.82, 2.24) is 0 Å². The Morgan fingerprint density at radius 3 is 1.65 bits per heavy atom. The van der Waals surface area contributed by atoms with Gasteiger partial charge in [-0.15, -0.1) is 0 Å². The van der Waals surface area contributed by atoms with Crippen molar-refractivity contribution in [1.29, 1.82) is 0 Å². The molecule has 0 heterocycles. The van der Waals surface area contributed by atoms with E-state index in [0.717, 1.165) is 11.1 Å². The lowest BCUT2D eigenvalue weighted by atomic mass is 9.86. The fourth-order valence-electron chi connectivity index (χ4n) is 1.79. The third-order valence-corrected chi connectivity index (χ3v) is 3.32. The topological polar surface area (TPSA) is 26.0 Å². The first-order valence-electron chi connectivity index (χ1n) is 5.31. The molecular formula is C14H13Cl2N. The molecule has 0 aliphatic rings. The van der Waals surface area contributed by atoms with Crippen molar-refractivity contribution in [3.05, 3.63) is 69.7 Å². The molecule has 2 N–H and O–H groups in total. The van der Waals surface area contributed by atoms with E-state index in [9.17, 15) is 0 Å². The average molecular weight is 266 g/mol. The van der Waals surface area contributed by atoms with Crippen LogP contribution >= 0.6 is 23.2 Å². The van der Waals surface area contributed by atoms with E-state index < -0.39 is 5.54 Å². The van der Waals surface area contributed by atoms with E-state index >= 15 is 0 Å². The summed E-state index contributed by atoms with van der Waals surface area (Å²) in [6, 6.07) is 15.1. The molecule has 0 bridgehead atoms. The summed E-state index contributed by atoms with van der Waals surface area (Å²) in [5.41, 5.74) is 7.71. The molecule has 1 nitrogen and oxygen atoms in total. The molecule has 0 unspecified atom stereocenters. The van der Waals surface area contributed by atoms with E-state index in [-0.39, 0.29) is 0 Å². The zero-order chi connectivity index (χ0) is 12.5. The minimum Gasteiger partial charge on any atom is -0.318 e. The standard InChI is InChI=1S/C14H13Cl2N/c1-14(17,10-4-2-6-12(15)8-10)11-5-3-7-13(16)9-11/h2-9H,17H2,1H3. The quantitative estimate of drug-likeness (QED) is 0.865. The summed E-state index contributed by atoms with van der Waals surface area (Å²) in [4.78, 5) is 0. The van der Waals surface area contributed by atoms with Gasteiger partial charge >= 0.3 is 0 Å². The van der Waals surface area contributed by atoms with Crippen LogP contribution in [0, 0.1) is 0 Å². The molecule has 0 spiro atoms. The van der Waals surface area contributed by atoms with Crippen LogP contribution in [0.25, 0.3) is 0 Å². The molecule has 0 radical (unpaired) electrons. The second-order valence-corrected chi connectivity index (χ2v) is 5.10. The van der Waals surface area contributed by atoms with Crippen molar-refractivity contribution >= 4 is 23.2 Å². The van der Waals surface area contributed by atoms with E-state index in [1.165, 1.54) is 0 Å². The number of hydrogen-bond donors (Lipinski definition) is 1. The highest BCUT2D eigenvalue weighted by atomic mass is 35.5. The molecule has 0 saturated heterocycles. The second-order valence-electron chi connectivity index (χ2n) is 4.22. The maximum atomic E-state index is 6.38. The van der Waals surface area contributed by atoms with Crippen molar-refractivity contribution in [3.63, 3.8) is 0 Å². The molecule has 2 aromatic carbocycles. The van der Waals surface area contributed by atoms with Crippen LogP contribution in [-0.2, 0) is 5.54 Å². The van der Waals surface area contributed by atoms with Crippen LogP contribution in [0.15, 0.2) is 48.5 Å². The van der Waals surface area contributed by atoms with Crippen LogP contribution in [0.1, 0.15) is 18.1 Å². The van der Waals surface area contributed by atoms with Crippen molar-refractivity contribution in [2.24, 2.45) is 5.73 Å². The van der Waals surface area contributed by atoms with E-state index in [2.05, 4.69) is 0 Å². The van der Waals surface area contributed by atoms with Crippen molar-refractivity contribution < 1.29 is 0 Å². The van der Waals surface area contributed by atoms with Crippen LogP contribution in [0.3, 0.4) is 0 Å². The van der Waals surface area contributed by atoms with Gasteiger partial charge in [0.1, 0.15) is 0 Å². The number of halogens is 2.